The topological polar surface area (TPSA) is 8.17 Å². The number of hydrogen-bond acceptors (Lipinski definition) is 2. The summed E-state index contributed by atoms with van der Waals surface area (Å²) in [5.41, 5.74) is 7.06. The molecule has 9 rings (SSSR count). The van der Waals surface area contributed by atoms with Crippen molar-refractivity contribution in [3.63, 3.8) is 0 Å². The van der Waals surface area contributed by atoms with Gasteiger partial charge in [0, 0.05) is 53.7 Å². The van der Waals surface area contributed by atoms with Gasteiger partial charge >= 0.3 is 0 Å². The maximum atomic E-state index is 2.48. The Kier molecular flexibility index (Phi) is 5.40. The van der Waals surface area contributed by atoms with Gasteiger partial charge in [0.05, 0.1) is 11.0 Å². The van der Waals surface area contributed by atoms with E-state index in [1.807, 2.05) is 11.3 Å². The number of rotatable bonds is 4. The van der Waals surface area contributed by atoms with Gasteiger partial charge in [-0.05, 0) is 77.5 Å². The Morgan fingerprint density at radius 1 is 0.442 bits per heavy atom. The van der Waals surface area contributed by atoms with Gasteiger partial charge in [-0.3, -0.25) is 0 Å². The van der Waals surface area contributed by atoms with Gasteiger partial charge in [-0.1, -0.05) is 91.0 Å². The SMILES string of the molecule is c1ccc(N(c2ccccc2)c2ccc3c(c2)c2ccc4sc5ccccc5c4c2n3-c2ccc3ccccc3c2)cc1. The van der Waals surface area contributed by atoms with Crippen molar-refractivity contribution in [2.75, 3.05) is 4.90 Å². The first-order valence-electron chi connectivity index (χ1n) is 14.6. The molecule has 0 N–H and O–H groups in total. The molecule has 3 heteroatoms. The van der Waals surface area contributed by atoms with Crippen molar-refractivity contribution in [1.29, 1.82) is 0 Å². The summed E-state index contributed by atoms with van der Waals surface area (Å²) in [6, 6.07) is 57.1. The van der Waals surface area contributed by atoms with E-state index in [-0.39, 0.29) is 0 Å². The number of benzene rings is 7. The molecule has 0 fully saturated rings. The van der Waals surface area contributed by atoms with Gasteiger partial charge in [-0.15, -0.1) is 11.3 Å². The summed E-state index contributed by atoms with van der Waals surface area (Å²) in [6.07, 6.45) is 0. The third kappa shape index (κ3) is 3.79. The van der Waals surface area contributed by atoms with Crippen molar-refractivity contribution in [2.45, 2.75) is 0 Å². The van der Waals surface area contributed by atoms with E-state index in [4.69, 9.17) is 0 Å². The maximum Gasteiger partial charge on any atom is 0.0634 e. The molecular formula is C40H26N2S. The van der Waals surface area contributed by atoms with Crippen molar-refractivity contribution in [3.05, 3.63) is 158 Å². The van der Waals surface area contributed by atoms with E-state index in [1.165, 1.54) is 58.4 Å². The Morgan fingerprint density at radius 3 is 1.93 bits per heavy atom. The van der Waals surface area contributed by atoms with E-state index in [0.717, 1.165) is 17.1 Å². The van der Waals surface area contributed by atoms with Crippen molar-refractivity contribution in [3.8, 4) is 5.69 Å². The molecule has 2 heterocycles. The lowest BCUT2D eigenvalue weighted by Crippen LogP contribution is -2.09. The molecule has 9 aromatic rings. The van der Waals surface area contributed by atoms with Crippen LogP contribution in [0.2, 0.25) is 0 Å². The second-order valence-corrected chi connectivity index (χ2v) is 12.1. The molecule has 0 saturated carbocycles. The van der Waals surface area contributed by atoms with Crippen LogP contribution in [0.5, 0.6) is 0 Å². The van der Waals surface area contributed by atoms with Crippen LogP contribution in [0.15, 0.2) is 158 Å². The molecule has 0 radical (unpaired) electrons. The predicted octanol–water partition coefficient (Wildman–Crippen LogP) is 11.8. The summed E-state index contributed by atoms with van der Waals surface area (Å²) in [7, 11) is 0. The van der Waals surface area contributed by atoms with E-state index in [9.17, 15) is 0 Å². The van der Waals surface area contributed by atoms with Gasteiger partial charge in [0.1, 0.15) is 0 Å². The molecule has 0 spiro atoms. The third-order valence-electron chi connectivity index (χ3n) is 8.53. The second-order valence-electron chi connectivity index (χ2n) is 11.0. The standard InChI is InChI=1S/C40H26N2S/c1-3-13-29(14-4-1)41(30-15-5-2-6-16-30)32-21-23-36-35(26-32)33-22-24-38-39(34-17-9-10-18-37(34)43-38)40(33)42(36)31-20-19-27-11-7-8-12-28(27)25-31/h1-26H. The zero-order valence-corrected chi connectivity index (χ0v) is 24.1. The highest BCUT2D eigenvalue weighted by Gasteiger charge is 2.20. The molecule has 0 atom stereocenters. The lowest BCUT2D eigenvalue weighted by atomic mass is 10.1. The van der Waals surface area contributed by atoms with Gasteiger partial charge in [0.15, 0.2) is 0 Å². The Labute approximate surface area is 253 Å². The Balaban J connectivity index is 1.39. The number of hydrogen-bond donors (Lipinski definition) is 0. The van der Waals surface area contributed by atoms with Gasteiger partial charge < -0.3 is 9.47 Å². The summed E-state index contributed by atoms with van der Waals surface area (Å²) in [4.78, 5) is 2.34. The first-order chi connectivity index (χ1) is 21.3. The number of para-hydroxylation sites is 2. The minimum absolute atomic E-state index is 1.14. The molecule has 2 aromatic heterocycles. The minimum atomic E-state index is 1.14. The molecule has 0 aliphatic heterocycles. The molecule has 0 aliphatic rings. The molecule has 0 unspecified atom stereocenters. The summed E-state index contributed by atoms with van der Waals surface area (Å²) in [5, 5.41) is 7.65. The van der Waals surface area contributed by atoms with Crippen LogP contribution in [0.4, 0.5) is 17.1 Å². The number of anilines is 3. The Bertz CT molecular complexity index is 2410. The fraction of sp³-hybridized carbons (Fsp3) is 0. The highest BCUT2D eigenvalue weighted by atomic mass is 32.1. The number of aromatic nitrogens is 1. The van der Waals surface area contributed by atoms with Crippen LogP contribution in [0, 0.1) is 0 Å². The van der Waals surface area contributed by atoms with E-state index in [0.29, 0.717) is 0 Å². The van der Waals surface area contributed by atoms with Crippen molar-refractivity contribution < 1.29 is 0 Å². The van der Waals surface area contributed by atoms with Crippen LogP contribution >= 0.6 is 11.3 Å². The Hall–Kier alpha value is -5.38. The third-order valence-corrected chi connectivity index (χ3v) is 9.67. The van der Waals surface area contributed by atoms with Crippen molar-refractivity contribution in [1.82, 2.24) is 4.57 Å². The van der Waals surface area contributed by atoms with Crippen LogP contribution in [0.25, 0.3) is 58.4 Å². The monoisotopic (exact) mass is 566 g/mol. The number of fused-ring (bicyclic) bond motifs is 8. The largest absolute Gasteiger partial charge is 0.310 e. The van der Waals surface area contributed by atoms with E-state index >= 15 is 0 Å². The summed E-state index contributed by atoms with van der Waals surface area (Å²) >= 11 is 1.87. The zero-order chi connectivity index (χ0) is 28.3. The van der Waals surface area contributed by atoms with Crippen LogP contribution in [-0.4, -0.2) is 4.57 Å². The molecule has 202 valence electrons. The molecule has 0 saturated heterocycles. The van der Waals surface area contributed by atoms with E-state index < -0.39 is 0 Å². The highest BCUT2D eigenvalue weighted by Crippen LogP contribution is 2.45. The maximum absolute atomic E-state index is 2.48. The number of thiophene rings is 1. The smallest absolute Gasteiger partial charge is 0.0634 e. The van der Waals surface area contributed by atoms with Gasteiger partial charge in [-0.2, -0.15) is 0 Å². The lowest BCUT2D eigenvalue weighted by molar-refractivity contribution is 1.19. The molecule has 0 aliphatic carbocycles. The summed E-state index contributed by atoms with van der Waals surface area (Å²) in [5.74, 6) is 0. The van der Waals surface area contributed by atoms with Crippen molar-refractivity contribution in [2.24, 2.45) is 0 Å². The molecule has 7 aromatic carbocycles. The Morgan fingerprint density at radius 2 is 1.14 bits per heavy atom. The molecule has 0 bridgehead atoms. The first-order valence-corrected chi connectivity index (χ1v) is 15.4. The van der Waals surface area contributed by atoms with E-state index in [2.05, 4.69) is 167 Å². The fourth-order valence-corrected chi connectivity index (χ4v) is 7.74. The average Bonchev–Trinajstić information content (AvgIpc) is 3.61. The zero-order valence-electron chi connectivity index (χ0n) is 23.3. The lowest BCUT2D eigenvalue weighted by Gasteiger charge is -2.25. The second kappa shape index (κ2) is 9.59. The van der Waals surface area contributed by atoms with Crippen molar-refractivity contribution >= 4 is 81.1 Å². The quantitative estimate of drug-likeness (QED) is 0.206. The highest BCUT2D eigenvalue weighted by molar-refractivity contribution is 7.26. The van der Waals surface area contributed by atoms with Crippen LogP contribution < -0.4 is 4.90 Å². The molecule has 2 nitrogen and oxygen atoms in total. The number of nitrogens with zero attached hydrogens (tertiary/aromatic N) is 2. The van der Waals surface area contributed by atoms with Crippen LogP contribution in [0.3, 0.4) is 0 Å². The normalized spacial score (nSPS) is 11.7. The summed E-state index contributed by atoms with van der Waals surface area (Å²) < 4.78 is 5.12. The molecule has 0 amide bonds. The van der Waals surface area contributed by atoms with E-state index in [1.54, 1.807) is 0 Å². The fourth-order valence-electron chi connectivity index (χ4n) is 6.63. The van der Waals surface area contributed by atoms with Gasteiger partial charge in [0.25, 0.3) is 0 Å². The molecule has 43 heavy (non-hydrogen) atoms. The van der Waals surface area contributed by atoms with Crippen LogP contribution in [-0.2, 0) is 0 Å². The average molecular weight is 567 g/mol. The van der Waals surface area contributed by atoms with Gasteiger partial charge in [0.2, 0.25) is 0 Å². The molecular weight excluding hydrogens is 541 g/mol. The minimum Gasteiger partial charge on any atom is -0.310 e. The first kappa shape index (κ1) is 24.2. The van der Waals surface area contributed by atoms with Gasteiger partial charge in [-0.25, -0.2) is 0 Å². The predicted molar refractivity (Wildman–Crippen MR) is 186 cm³/mol. The van der Waals surface area contributed by atoms with Crippen LogP contribution in [0.1, 0.15) is 0 Å². The summed E-state index contributed by atoms with van der Waals surface area (Å²) in [6.45, 7) is 0.